The molecule has 0 radical (unpaired) electrons. The summed E-state index contributed by atoms with van der Waals surface area (Å²) in [7, 11) is 0. The molecule has 0 saturated heterocycles. The Morgan fingerprint density at radius 3 is 2.20 bits per heavy atom. The average Bonchev–Trinajstić information content (AvgIpc) is 3.19. The molecule has 0 aliphatic rings. The molecule has 9 heteroatoms. The summed E-state index contributed by atoms with van der Waals surface area (Å²) < 4.78 is 3.74. The summed E-state index contributed by atoms with van der Waals surface area (Å²) in [4.78, 5) is 2.28. The van der Waals surface area contributed by atoms with E-state index in [4.69, 9.17) is 11.5 Å². The van der Waals surface area contributed by atoms with Gasteiger partial charge in [-0.25, -0.2) is 4.68 Å². The van der Waals surface area contributed by atoms with Crippen LogP contribution in [0.2, 0.25) is 0 Å². The summed E-state index contributed by atoms with van der Waals surface area (Å²) in [6.07, 6.45) is 5.81. The van der Waals surface area contributed by atoms with E-state index in [1.54, 1.807) is 0 Å². The zero-order chi connectivity index (χ0) is 18.3. The average molecular weight is 349 g/mol. The first-order chi connectivity index (χ1) is 11.9. The Morgan fingerprint density at radius 2 is 1.60 bits per heavy atom. The molecule has 0 spiro atoms. The fraction of sp³-hybridized carbons (Fsp3) is 0.750. The number of aryl methyl sites for hydroxylation is 1. The molecular weight excluding hydrogens is 318 g/mol. The van der Waals surface area contributed by atoms with Crippen LogP contribution in [0.1, 0.15) is 45.0 Å². The van der Waals surface area contributed by atoms with E-state index in [1.165, 1.54) is 0 Å². The van der Waals surface area contributed by atoms with Crippen molar-refractivity contribution in [3.05, 3.63) is 23.8 Å². The van der Waals surface area contributed by atoms with Gasteiger partial charge in [0.15, 0.2) is 0 Å². The highest BCUT2D eigenvalue weighted by molar-refractivity contribution is 4.97. The molecule has 0 aliphatic heterocycles. The standard InChI is InChI=1S/C16H31N9/c1-16(2,3)25-13-15(20-22-25)11-23(8-4-6-17)10-14-12-24(21-19-14)9-5-7-18/h12-13H,4-11,17-18H2,1-3H3. The second-order valence-corrected chi connectivity index (χ2v) is 7.29. The van der Waals surface area contributed by atoms with Crippen LogP contribution in [-0.4, -0.2) is 54.5 Å². The largest absolute Gasteiger partial charge is 0.330 e. The van der Waals surface area contributed by atoms with Crippen LogP contribution in [0.5, 0.6) is 0 Å². The Balaban J connectivity index is 2.00. The molecule has 0 saturated carbocycles. The maximum atomic E-state index is 5.68. The second-order valence-electron chi connectivity index (χ2n) is 7.29. The van der Waals surface area contributed by atoms with Gasteiger partial charge in [-0.2, -0.15) is 0 Å². The molecule has 0 amide bonds. The molecule has 2 aromatic rings. The fourth-order valence-corrected chi connectivity index (χ4v) is 2.46. The number of hydrogen-bond donors (Lipinski definition) is 2. The Bertz CT molecular complexity index is 626. The smallest absolute Gasteiger partial charge is 0.0967 e. The van der Waals surface area contributed by atoms with E-state index in [9.17, 15) is 0 Å². The van der Waals surface area contributed by atoms with Crippen molar-refractivity contribution in [1.82, 2.24) is 34.9 Å². The Morgan fingerprint density at radius 1 is 0.960 bits per heavy atom. The summed E-state index contributed by atoms with van der Waals surface area (Å²) in [6, 6.07) is 0. The zero-order valence-electron chi connectivity index (χ0n) is 15.6. The number of aromatic nitrogens is 6. The van der Waals surface area contributed by atoms with Gasteiger partial charge in [0.05, 0.1) is 23.1 Å². The minimum absolute atomic E-state index is 0.0704. The van der Waals surface area contributed by atoms with Crippen molar-refractivity contribution in [2.24, 2.45) is 11.5 Å². The van der Waals surface area contributed by atoms with Gasteiger partial charge in [-0.1, -0.05) is 10.4 Å². The molecule has 0 bridgehead atoms. The third-order valence-corrected chi connectivity index (χ3v) is 3.86. The highest BCUT2D eigenvalue weighted by atomic mass is 15.5. The first-order valence-electron chi connectivity index (χ1n) is 8.85. The predicted molar refractivity (Wildman–Crippen MR) is 96.5 cm³/mol. The minimum atomic E-state index is -0.0704. The first kappa shape index (κ1) is 19.5. The lowest BCUT2D eigenvalue weighted by Crippen LogP contribution is -2.26. The van der Waals surface area contributed by atoms with Crippen LogP contribution in [0, 0.1) is 0 Å². The number of rotatable bonds is 10. The van der Waals surface area contributed by atoms with Crippen LogP contribution in [0.3, 0.4) is 0 Å². The van der Waals surface area contributed by atoms with Gasteiger partial charge >= 0.3 is 0 Å². The molecule has 0 aromatic carbocycles. The van der Waals surface area contributed by atoms with Gasteiger partial charge in [0, 0.05) is 32.4 Å². The molecule has 25 heavy (non-hydrogen) atoms. The molecule has 4 N–H and O–H groups in total. The molecule has 0 fully saturated rings. The molecular formula is C16H31N9. The van der Waals surface area contributed by atoms with Crippen LogP contribution in [-0.2, 0) is 25.2 Å². The summed E-state index contributed by atoms with van der Waals surface area (Å²) in [6.45, 7) is 10.7. The van der Waals surface area contributed by atoms with E-state index in [-0.39, 0.29) is 5.54 Å². The minimum Gasteiger partial charge on any atom is -0.330 e. The van der Waals surface area contributed by atoms with E-state index < -0.39 is 0 Å². The monoisotopic (exact) mass is 349 g/mol. The van der Waals surface area contributed by atoms with E-state index in [0.29, 0.717) is 26.2 Å². The maximum Gasteiger partial charge on any atom is 0.0967 e. The van der Waals surface area contributed by atoms with Gasteiger partial charge in [0.2, 0.25) is 0 Å². The lowest BCUT2D eigenvalue weighted by atomic mass is 10.1. The van der Waals surface area contributed by atoms with Gasteiger partial charge in [-0.15, -0.1) is 10.2 Å². The molecule has 0 atom stereocenters. The van der Waals surface area contributed by atoms with Gasteiger partial charge < -0.3 is 11.5 Å². The fourth-order valence-electron chi connectivity index (χ4n) is 2.46. The van der Waals surface area contributed by atoms with Crippen molar-refractivity contribution in [2.75, 3.05) is 19.6 Å². The van der Waals surface area contributed by atoms with E-state index in [2.05, 4.69) is 46.3 Å². The second kappa shape index (κ2) is 9.02. The van der Waals surface area contributed by atoms with Crippen LogP contribution >= 0.6 is 0 Å². The number of nitrogens with two attached hydrogens (primary N) is 2. The van der Waals surface area contributed by atoms with E-state index in [1.807, 2.05) is 21.8 Å². The van der Waals surface area contributed by atoms with Gasteiger partial charge in [-0.3, -0.25) is 9.58 Å². The number of hydrogen-bond acceptors (Lipinski definition) is 7. The van der Waals surface area contributed by atoms with Gasteiger partial charge in [0.25, 0.3) is 0 Å². The third-order valence-electron chi connectivity index (χ3n) is 3.86. The van der Waals surface area contributed by atoms with Crippen molar-refractivity contribution in [2.45, 2.75) is 58.8 Å². The Hall–Kier alpha value is -1.84. The number of nitrogens with zero attached hydrogens (tertiary/aromatic N) is 7. The molecule has 2 heterocycles. The molecule has 9 nitrogen and oxygen atoms in total. The zero-order valence-corrected chi connectivity index (χ0v) is 15.6. The SMILES string of the molecule is CC(C)(C)n1cc(CN(CCCN)Cc2cn(CCCN)nn2)nn1. The van der Waals surface area contributed by atoms with E-state index >= 15 is 0 Å². The van der Waals surface area contributed by atoms with Crippen LogP contribution in [0.15, 0.2) is 12.4 Å². The molecule has 140 valence electrons. The van der Waals surface area contributed by atoms with Crippen molar-refractivity contribution in [1.29, 1.82) is 0 Å². The third kappa shape index (κ3) is 6.18. The summed E-state index contributed by atoms with van der Waals surface area (Å²) in [5.41, 5.74) is 13.0. The van der Waals surface area contributed by atoms with Crippen molar-refractivity contribution in [3.8, 4) is 0 Å². The maximum absolute atomic E-state index is 5.68. The molecule has 0 aliphatic carbocycles. The van der Waals surface area contributed by atoms with Crippen molar-refractivity contribution in [3.63, 3.8) is 0 Å². The topological polar surface area (TPSA) is 117 Å². The summed E-state index contributed by atoms with van der Waals surface area (Å²) in [5, 5.41) is 17.0. The van der Waals surface area contributed by atoms with Crippen LogP contribution in [0.25, 0.3) is 0 Å². The quantitative estimate of drug-likeness (QED) is 0.634. The highest BCUT2D eigenvalue weighted by Gasteiger charge is 2.17. The summed E-state index contributed by atoms with van der Waals surface area (Å²) >= 11 is 0. The van der Waals surface area contributed by atoms with Crippen molar-refractivity contribution < 1.29 is 0 Å². The molecule has 2 rings (SSSR count). The van der Waals surface area contributed by atoms with Gasteiger partial charge in [0.1, 0.15) is 0 Å². The lowest BCUT2D eigenvalue weighted by molar-refractivity contribution is 0.249. The van der Waals surface area contributed by atoms with Gasteiger partial charge in [-0.05, 0) is 46.7 Å². The molecule has 2 aromatic heterocycles. The highest BCUT2D eigenvalue weighted by Crippen LogP contribution is 2.13. The van der Waals surface area contributed by atoms with Crippen LogP contribution in [0.4, 0.5) is 0 Å². The Kier molecular flexibility index (Phi) is 7.03. The first-order valence-corrected chi connectivity index (χ1v) is 8.85. The Labute approximate surface area is 149 Å². The van der Waals surface area contributed by atoms with E-state index in [0.717, 1.165) is 37.3 Å². The molecule has 0 unspecified atom stereocenters. The predicted octanol–water partition coefficient (Wildman–Crippen LogP) is 0.324. The summed E-state index contributed by atoms with van der Waals surface area (Å²) in [5.74, 6) is 0. The van der Waals surface area contributed by atoms with Crippen LogP contribution < -0.4 is 11.5 Å². The lowest BCUT2D eigenvalue weighted by Gasteiger charge is -2.20. The van der Waals surface area contributed by atoms with Crippen molar-refractivity contribution >= 4 is 0 Å². The normalized spacial score (nSPS) is 12.2.